The molecule has 0 saturated carbocycles. The molecule has 1 aliphatic carbocycles. The minimum atomic E-state index is 0.250. The van der Waals surface area contributed by atoms with Crippen molar-refractivity contribution in [1.29, 1.82) is 0 Å². The van der Waals surface area contributed by atoms with E-state index in [1.54, 1.807) is 0 Å². The normalized spacial score (nSPS) is 11.7. The molecule has 0 spiro atoms. The van der Waals surface area contributed by atoms with Crippen molar-refractivity contribution in [3.8, 4) is 0 Å². The third-order valence-corrected chi connectivity index (χ3v) is 4.03. The maximum atomic E-state index is 8.12. The molecule has 0 fully saturated rings. The van der Waals surface area contributed by atoms with Gasteiger partial charge in [-0.2, -0.15) is 9.59 Å². The summed E-state index contributed by atoms with van der Waals surface area (Å²) in [4.78, 5) is 28.5. The molecule has 3 aromatic rings. The van der Waals surface area contributed by atoms with Crippen molar-refractivity contribution < 1.29 is 9.59 Å². The van der Waals surface area contributed by atoms with Gasteiger partial charge in [0.15, 0.2) is 0 Å². The average molecular weight is 319 g/mol. The molecule has 3 heterocycles. The molecule has 5 nitrogen and oxygen atoms in total. The van der Waals surface area contributed by atoms with Crippen molar-refractivity contribution >= 4 is 23.3 Å². The highest BCUT2D eigenvalue weighted by atomic mass is 16.2. The van der Waals surface area contributed by atoms with E-state index in [2.05, 4.69) is 52.2 Å². The number of hydrogen-bond donors (Lipinski definition) is 1. The van der Waals surface area contributed by atoms with Crippen LogP contribution in [0.25, 0.3) is 17.1 Å². The van der Waals surface area contributed by atoms with Crippen LogP contribution in [-0.4, -0.2) is 21.1 Å². The standard InChI is InChI=1S/C18H17N3.CO2/c1-12-7-16-9-14(11-20-18(16)21-12)6-5-13-8-15-3-2-4-17(15)19-10-13;2-1-3/h2-3,7-11H,4-6H2,1H3,(H,20,21);. The van der Waals surface area contributed by atoms with Gasteiger partial charge in [0.2, 0.25) is 0 Å². The minimum absolute atomic E-state index is 0.250. The third-order valence-electron chi connectivity index (χ3n) is 4.03. The Morgan fingerprint density at radius 1 is 1.08 bits per heavy atom. The van der Waals surface area contributed by atoms with Gasteiger partial charge >= 0.3 is 6.15 Å². The number of pyridine rings is 2. The van der Waals surface area contributed by atoms with E-state index in [1.165, 1.54) is 27.8 Å². The molecule has 0 atom stereocenters. The van der Waals surface area contributed by atoms with E-state index < -0.39 is 0 Å². The van der Waals surface area contributed by atoms with Gasteiger partial charge in [-0.25, -0.2) is 4.98 Å². The van der Waals surface area contributed by atoms with Gasteiger partial charge in [0.25, 0.3) is 0 Å². The molecule has 3 aromatic heterocycles. The number of nitrogens with zero attached hydrogens (tertiary/aromatic N) is 2. The zero-order valence-electron chi connectivity index (χ0n) is 13.4. The highest BCUT2D eigenvalue weighted by molar-refractivity contribution is 5.76. The van der Waals surface area contributed by atoms with E-state index in [9.17, 15) is 0 Å². The van der Waals surface area contributed by atoms with Crippen LogP contribution in [0, 0.1) is 6.92 Å². The number of allylic oxidation sites excluding steroid dienone is 1. The Morgan fingerprint density at radius 3 is 2.58 bits per heavy atom. The second-order valence-electron chi connectivity index (χ2n) is 5.80. The maximum absolute atomic E-state index is 8.12. The highest BCUT2D eigenvalue weighted by Crippen LogP contribution is 2.20. The molecular weight excluding hydrogens is 302 g/mol. The van der Waals surface area contributed by atoms with Crippen LogP contribution in [0.5, 0.6) is 0 Å². The van der Waals surface area contributed by atoms with Crippen molar-refractivity contribution in [2.45, 2.75) is 26.2 Å². The summed E-state index contributed by atoms with van der Waals surface area (Å²) in [6.07, 6.45) is 11.6. The van der Waals surface area contributed by atoms with Crippen molar-refractivity contribution in [2.24, 2.45) is 0 Å². The van der Waals surface area contributed by atoms with Gasteiger partial charge in [-0.3, -0.25) is 4.98 Å². The number of fused-ring (bicyclic) bond motifs is 2. The van der Waals surface area contributed by atoms with Gasteiger partial charge < -0.3 is 4.98 Å². The van der Waals surface area contributed by atoms with Crippen LogP contribution in [0.4, 0.5) is 0 Å². The van der Waals surface area contributed by atoms with Crippen molar-refractivity contribution in [2.75, 3.05) is 0 Å². The number of carbonyl (C=O) groups excluding carboxylic acids is 2. The van der Waals surface area contributed by atoms with Crippen LogP contribution in [-0.2, 0) is 28.9 Å². The molecular formula is C19H17N3O2. The Balaban J connectivity index is 0.000000526. The second kappa shape index (κ2) is 7.02. The van der Waals surface area contributed by atoms with E-state index in [0.29, 0.717) is 0 Å². The Hall–Kier alpha value is -3.04. The zero-order chi connectivity index (χ0) is 16.9. The predicted molar refractivity (Wildman–Crippen MR) is 90.2 cm³/mol. The Kier molecular flexibility index (Phi) is 4.64. The molecule has 120 valence electrons. The van der Waals surface area contributed by atoms with Gasteiger partial charge in [-0.1, -0.05) is 12.2 Å². The van der Waals surface area contributed by atoms with E-state index in [1.807, 2.05) is 12.4 Å². The number of H-pyrrole nitrogens is 1. The van der Waals surface area contributed by atoms with Crippen LogP contribution < -0.4 is 0 Å². The number of aromatic amines is 1. The van der Waals surface area contributed by atoms with Gasteiger partial charge in [-0.15, -0.1) is 0 Å². The van der Waals surface area contributed by atoms with E-state index in [-0.39, 0.29) is 6.15 Å². The summed E-state index contributed by atoms with van der Waals surface area (Å²) in [5.74, 6) is 0. The summed E-state index contributed by atoms with van der Waals surface area (Å²) >= 11 is 0. The summed E-state index contributed by atoms with van der Waals surface area (Å²) < 4.78 is 0. The number of nitrogens with one attached hydrogen (secondary N) is 1. The molecule has 0 bridgehead atoms. The largest absolute Gasteiger partial charge is 0.373 e. The minimum Gasteiger partial charge on any atom is -0.344 e. The maximum Gasteiger partial charge on any atom is 0.373 e. The highest BCUT2D eigenvalue weighted by Gasteiger charge is 2.07. The summed E-state index contributed by atoms with van der Waals surface area (Å²) in [5, 5.41) is 1.19. The fourth-order valence-corrected chi connectivity index (χ4v) is 2.93. The predicted octanol–water partition coefficient (Wildman–Crippen LogP) is 3.04. The average Bonchev–Trinajstić information content (AvgIpc) is 3.17. The summed E-state index contributed by atoms with van der Waals surface area (Å²) in [6, 6.07) is 6.64. The number of aryl methyl sites for hydroxylation is 3. The van der Waals surface area contributed by atoms with Crippen LogP contribution >= 0.6 is 0 Å². The molecule has 0 saturated heterocycles. The van der Waals surface area contributed by atoms with Crippen LogP contribution in [0.15, 0.2) is 36.7 Å². The Labute approximate surface area is 139 Å². The first-order chi connectivity index (χ1) is 11.7. The Bertz CT molecular complexity index is 935. The van der Waals surface area contributed by atoms with Crippen LogP contribution in [0.1, 0.15) is 28.1 Å². The lowest BCUT2D eigenvalue weighted by Gasteiger charge is -2.04. The first-order valence-corrected chi connectivity index (χ1v) is 7.77. The molecule has 1 aliphatic rings. The second-order valence-corrected chi connectivity index (χ2v) is 5.80. The molecule has 0 amide bonds. The lowest BCUT2D eigenvalue weighted by atomic mass is 10.0. The first-order valence-electron chi connectivity index (χ1n) is 7.77. The quantitative estimate of drug-likeness (QED) is 0.805. The van der Waals surface area contributed by atoms with Gasteiger partial charge in [0.1, 0.15) is 5.65 Å². The molecule has 0 unspecified atom stereocenters. The fourth-order valence-electron chi connectivity index (χ4n) is 2.93. The van der Waals surface area contributed by atoms with Crippen molar-refractivity contribution in [3.05, 3.63) is 64.7 Å². The lowest BCUT2D eigenvalue weighted by Crippen LogP contribution is -1.96. The topological polar surface area (TPSA) is 75.7 Å². The first kappa shape index (κ1) is 15.8. The lowest BCUT2D eigenvalue weighted by molar-refractivity contribution is -0.191. The third kappa shape index (κ3) is 3.47. The monoisotopic (exact) mass is 319 g/mol. The Morgan fingerprint density at radius 2 is 1.79 bits per heavy atom. The smallest absolute Gasteiger partial charge is 0.344 e. The van der Waals surface area contributed by atoms with Gasteiger partial charge in [0.05, 0.1) is 5.69 Å². The zero-order valence-corrected chi connectivity index (χ0v) is 13.4. The molecule has 0 aliphatic heterocycles. The van der Waals surface area contributed by atoms with Crippen molar-refractivity contribution in [3.63, 3.8) is 0 Å². The fraction of sp³-hybridized carbons (Fsp3) is 0.211. The van der Waals surface area contributed by atoms with E-state index in [4.69, 9.17) is 9.59 Å². The molecule has 0 radical (unpaired) electrons. The number of hydrogen-bond acceptors (Lipinski definition) is 4. The summed E-state index contributed by atoms with van der Waals surface area (Å²) in [7, 11) is 0. The summed E-state index contributed by atoms with van der Waals surface area (Å²) in [6.45, 7) is 2.06. The van der Waals surface area contributed by atoms with Crippen LogP contribution in [0.3, 0.4) is 0 Å². The van der Waals surface area contributed by atoms with Crippen molar-refractivity contribution in [1.82, 2.24) is 15.0 Å². The molecule has 0 aromatic carbocycles. The van der Waals surface area contributed by atoms with Gasteiger partial charge in [0, 0.05) is 29.9 Å². The summed E-state index contributed by atoms with van der Waals surface area (Å²) in [5.41, 5.74) is 7.18. The number of aromatic nitrogens is 3. The number of rotatable bonds is 3. The molecule has 1 N–H and O–H groups in total. The SMILES string of the molecule is Cc1cc2cc(CCc3cnc4c(c3)C=CC4)cnc2[nH]1.O=C=O. The van der Waals surface area contributed by atoms with Gasteiger partial charge in [-0.05, 0) is 54.7 Å². The van der Waals surface area contributed by atoms with Crippen LogP contribution in [0.2, 0.25) is 0 Å². The van der Waals surface area contributed by atoms with E-state index in [0.717, 1.165) is 30.6 Å². The molecule has 5 heteroatoms. The molecule has 24 heavy (non-hydrogen) atoms. The van der Waals surface area contributed by atoms with E-state index >= 15 is 0 Å². The molecule has 4 rings (SSSR count).